The molecule has 4 atom stereocenters. The SMILES string of the molecule is C[C@H]1[C@@H](CSc2nncn2C)O[C@@H](c2ccc(-c3ccccc3CNC(=O)Nc3ccc(Oc4ccccc4)cc3)cc2)O[C@H]1c1ccc(CO)cc1. The number of rotatable bonds is 12. The number of ether oxygens (including phenoxy) is 3. The number of hydrogen-bond acceptors (Lipinski definition) is 8. The molecule has 5 aromatic carbocycles. The number of aromatic nitrogens is 3. The first-order valence-electron chi connectivity index (χ1n) is 17.5. The molecule has 0 radical (unpaired) electrons. The van der Waals surface area contributed by atoms with Crippen LogP contribution in [0.15, 0.2) is 139 Å². The Bertz CT molecular complexity index is 2090. The fourth-order valence-corrected chi connectivity index (χ4v) is 7.28. The Morgan fingerprint density at radius 1 is 0.849 bits per heavy atom. The molecule has 0 bridgehead atoms. The van der Waals surface area contributed by atoms with Crippen molar-refractivity contribution in [3.05, 3.63) is 156 Å². The molecule has 7 rings (SSSR count). The first-order chi connectivity index (χ1) is 25.9. The summed E-state index contributed by atoms with van der Waals surface area (Å²) < 4.78 is 21.0. The van der Waals surface area contributed by atoms with Crippen LogP contribution in [0.2, 0.25) is 0 Å². The van der Waals surface area contributed by atoms with E-state index in [0.717, 1.165) is 44.3 Å². The van der Waals surface area contributed by atoms with E-state index in [2.05, 4.69) is 46.0 Å². The summed E-state index contributed by atoms with van der Waals surface area (Å²) in [7, 11) is 1.93. The lowest BCUT2D eigenvalue weighted by Gasteiger charge is -2.41. The van der Waals surface area contributed by atoms with Crippen LogP contribution in [-0.4, -0.2) is 37.8 Å². The van der Waals surface area contributed by atoms with Gasteiger partial charge in [-0.1, -0.05) is 110 Å². The van der Waals surface area contributed by atoms with Crippen LogP contribution in [0.3, 0.4) is 0 Å². The molecule has 1 fully saturated rings. The van der Waals surface area contributed by atoms with Gasteiger partial charge in [-0.2, -0.15) is 0 Å². The van der Waals surface area contributed by atoms with Crippen molar-refractivity contribution < 1.29 is 24.1 Å². The quantitative estimate of drug-likeness (QED) is 0.107. The predicted molar refractivity (Wildman–Crippen MR) is 205 cm³/mol. The summed E-state index contributed by atoms with van der Waals surface area (Å²) in [5, 5.41) is 24.6. The van der Waals surface area contributed by atoms with Crippen LogP contribution >= 0.6 is 11.8 Å². The number of para-hydroxylation sites is 1. The van der Waals surface area contributed by atoms with E-state index < -0.39 is 6.29 Å². The summed E-state index contributed by atoms with van der Waals surface area (Å²) in [6, 6.07) is 40.6. The maximum atomic E-state index is 12.9. The molecular weight excluding hydrogens is 687 g/mol. The number of aryl methyl sites for hydroxylation is 1. The largest absolute Gasteiger partial charge is 0.457 e. The van der Waals surface area contributed by atoms with E-state index in [1.807, 2.05) is 121 Å². The third-order valence-electron chi connectivity index (χ3n) is 9.21. The second-order valence-corrected chi connectivity index (χ2v) is 13.9. The molecule has 1 aliphatic rings. The number of thioether (sulfide) groups is 1. The smallest absolute Gasteiger partial charge is 0.319 e. The van der Waals surface area contributed by atoms with E-state index in [0.29, 0.717) is 23.7 Å². The molecule has 1 aliphatic heterocycles. The minimum Gasteiger partial charge on any atom is -0.457 e. The van der Waals surface area contributed by atoms with Crippen LogP contribution in [0.4, 0.5) is 10.5 Å². The van der Waals surface area contributed by atoms with Crippen molar-refractivity contribution >= 4 is 23.5 Å². The zero-order valence-corrected chi connectivity index (χ0v) is 30.3. The van der Waals surface area contributed by atoms with E-state index in [9.17, 15) is 9.90 Å². The molecule has 0 unspecified atom stereocenters. The highest BCUT2D eigenvalue weighted by molar-refractivity contribution is 7.99. The van der Waals surface area contributed by atoms with E-state index in [1.54, 1.807) is 18.1 Å². The van der Waals surface area contributed by atoms with E-state index in [-0.39, 0.29) is 30.8 Å². The molecule has 2 heterocycles. The lowest BCUT2D eigenvalue weighted by Crippen LogP contribution is -2.38. The zero-order valence-electron chi connectivity index (χ0n) is 29.5. The highest BCUT2D eigenvalue weighted by Crippen LogP contribution is 2.43. The number of carbonyl (C=O) groups is 1. The van der Waals surface area contributed by atoms with Gasteiger partial charge in [0.1, 0.15) is 17.8 Å². The van der Waals surface area contributed by atoms with Crippen LogP contribution in [0.25, 0.3) is 11.1 Å². The van der Waals surface area contributed by atoms with Gasteiger partial charge in [0.05, 0.1) is 18.8 Å². The fraction of sp³-hybridized carbons (Fsp3) is 0.214. The van der Waals surface area contributed by atoms with Crippen molar-refractivity contribution in [2.75, 3.05) is 11.1 Å². The molecule has 53 heavy (non-hydrogen) atoms. The Hall–Kier alpha value is -5.46. The van der Waals surface area contributed by atoms with Crippen molar-refractivity contribution in [2.24, 2.45) is 13.0 Å². The number of aliphatic hydroxyl groups is 1. The standard InChI is InChI=1S/C42H41N5O5S/c1-28-38(26-53-42-46-44-27-47(42)2)51-40(52-39(28)31-14-12-29(25-48)13-15-31)32-18-16-30(17-19-32)37-11-7-6-8-33(37)24-43-41(49)45-34-20-22-36(23-21-34)50-35-9-4-3-5-10-35/h3-23,27-28,38-40,48H,24-26H2,1-2H3,(H2,43,45,49)/t28-,38+,39+,40+/m0/s1. The van der Waals surface area contributed by atoms with Crippen LogP contribution in [0.5, 0.6) is 11.5 Å². The first kappa shape index (κ1) is 35.9. The van der Waals surface area contributed by atoms with Gasteiger partial charge in [0.2, 0.25) is 0 Å². The summed E-state index contributed by atoms with van der Waals surface area (Å²) in [6.45, 7) is 2.48. The van der Waals surface area contributed by atoms with Gasteiger partial charge in [-0.3, -0.25) is 0 Å². The van der Waals surface area contributed by atoms with Crippen LogP contribution in [-0.2, 0) is 29.7 Å². The highest BCUT2D eigenvalue weighted by Gasteiger charge is 2.38. The molecule has 0 spiro atoms. The average molecular weight is 728 g/mol. The van der Waals surface area contributed by atoms with Gasteiger partial charge >= 0.3 is 6.03 Å². The number of benzene rings is 5. The number of anilines is 1. The second kappa shape index (κ2) is 16.9. The molecule has 10 nitrogen and oxygen atoms in total. The Morgan fingerprint density at radius 3 is 2.26 bits per heavy atom. The van der Waals surface area contributed by atoms with Gasteiger partial charge in [-0.15, -0.1) is 10.2 Å². The minimum atomic E-state index is -0.590. The Morgan fingerprint density at radius 2 is 1.55 bits per heavy atom. The summed E-state index contributed by atoms with van der Waals surface area (Å²) in [4.78, 5) is 12.9. The molecule has 2 amide bonds. The molecular formula is C42H41N5O5S. The minimum absolute atomic E-state index is 0.0106. The lowest BCUT2D eigenvalue weighted by molar-refractivity contribution is -0.268. The number of aliphatic hydroxyl groups excluding tert-OH is 1. The number of amides is 2. The molecule has 0 saturated carbocycles. The fourth-order valence-electron chi connectivity index (χ4n) is 6.23. The molecule has 11 heteroatoms. The van der Waals surface area contributed by atoms with Gasteiger partial charge in [0.25, 0.3) is 0 Å². The second-order valence-electron chi connectivity index (χ2n) is 12.9. The molecule has 0 aliphatic carbocycles. The van der Waals surface area contributed by atoms with Gasteiger partial charge in [-0.05, 0) is 64.2 Å². The third-order valence-corrected chi connectivity index (χ3v) is 10.3. The predicted octanol–water partition coefficient (Wildman–Crippen LogP) is 8.67. The maximum absolute atomic E-state index is 12.9. The topological polar surface area (TPSA) is 120 Å². The van der Waals surface area contributed by atoms with Gasteiger partial charge in [0.15, 0.2) is 11.4 Å². The van der Waals surface area contributed by atoms with Crippen LogP contribution in [0.1, 0.15) is 41.6 Å². The monoisotopic (exact) mass is 727 g/mol. The van der Waals surface area contributed by atoms with Crippen LogP contribution in [0, 0.1) is 5.92 Å². The van der Waals surface area contributed by atoms with Crippen molar-refractivity contribution in [2.45, 2.75) is 43.7 Å². The van der Waals surface area contributed by atoms with Crippen molar-refractivity contribution in [3.63, 3.8) is 0 Å². The Labute approximate surface area is 313 Å². The van der Waals surface area contributed by atoms with E-state index in [4.69, 9.17) is 14.2 Å². The maximum Gasteiger partial charge on any atom is 0.319 e. The molecule has 1 saturated heterocycles. The van der Waals surface area contributed by atoms with Gasteiger partial charge in [0, 0.05) is 36.5 Å². The normalized spacial score (nSPS) is 18.3. The van der Waals surface area contributed by atoms with E-state index >= 15 is 0 Å². The highest BCUT2D eigenvalue weighted by atomic mass is 32.2. The molecule has 3 N–H and O–H groups in total. The van der Waals surface area contributed by atoms with Crippen LogP contribution < -0.4 is 15.4 Å². The summed E-state index contributed by atoms with van der Waals surface area (Å²) in [5.41, 5.74) is 6.46. The van der Waals surface area contributed by atoms with Crippen molar-refractivity contribution in [3.8, 4) is 22.6 Å². The zero-order chi connectivity index (χ0) is 36.6. The molecule has 6 aromatic rings. The van der Waals surface area contributed by atoms with Gasteiger partial charge < -0.3 is 34.5 Å². The van der Waals surface area contributed by atoms with Crippen molar-refractivity contribution in [1.82, 2.24) is 20.1 Å². The first-order valence-corrected chi connectivity index (χ1v) is 18.5. The average Bonchev–Trinajstić information content (AvgIpc) is 3.62. The van der Waals surface area contributed by atoms with E-state index in [1.165, 1.54) is 0 Å². The van der Waals surface area contributed by atoms with Crippen molar-refractivity contribution in [1.29, 1.82) is 0 Å². The summed E-state index contributed by atoms with van der Waals surface area (Å²) >= 11 is 1.61. The number of urea groups is 1. The Kier molecular flexibility index (Phi) is 11.5. The van der Waals surface area contributed by atoms with Gasteiger partial charge in [-0.25, -0.2) is 4.79 Å². The summed E-state index contributed by atoms with van der Waals surface area (Å²) in [6.07, 6.45) is 0.756. The third kappa shape index (κ3) is 8.95. The molecule has 1 aromatic heterocycles. The molecule has 270 valence electrons. The summed E-state index contributed by atoms with van der Waals surface area (Å²) in [5.74, 6) is 2.16. The number of hydrogen-bond donors (Lipinski definition) is 3. The number of nitrogens with one attached hydrogen (secondary N) is 2. The Balaban J connectivity index is 1.01. The lowest BCUT2D eigenvalue weighted by atomic mass is 9.91. The number of nitrogens with zero attached hydrogens (tertiary/aromatic N) is 3. The number of carbonyl (C=O) groups excluding carboxylic acids is 1.